The van der Waals surface area contributed by atoms with Crippen LogP contribution in [-0.2, 0) is 11.3 Å². The van der Waals surface area contributed by atoms with E-state index in [0.29, 0.717) is 27.1 Å². The van der Waals surface area contributed by atoms with Crippen LogP contribution < -0.4 is 10.3 Å². The van der Waals surface area contributed by atoms with E-state index < -0.39 is 5.97 Å². The van der Waals surface area contributed by atoms with E-state index >= 15 is 0 Å². The van der Waals surface area contributed by atoms with Crippen LogP contribution in [0, 0.1) is 6.92 Å². The predicted molar refractivity (Wildman–Crippen MR) is 96.0 cm³/mol. The predicted octanol–water partition coefficient (Wildman–Crippen LogP) is 3.13. The van der Waals surface area contributed by atoms with Crippen molar-refractivity contribution in [3.63, 3.8) is 0 Å². The molecular formula is C18H15BrN2O4. The minimum absolute atomic E-state index is 0.0813. The van der Waals surface area contributed by atoms with Crippen molar-refractivity contribution in [3.05, 3.63) is 74.2 Å². The highest BCUT2D eigenvalue weighted by atomic mass is 79.9. The van der Waals surface area contributed by atoms with Gasteiger partial charge in [0.05, 0.1) is 22.8 Å². The van der Waals surface area contributed by atoms with Crippen molar-refractivity contribution in [1.29, 1.82) is 0 Å². The number of benzene rings is 1. The Morgan fingerprint density at radius 2 is 2.04 bits per heavy atom. The normalized spacial score (nSPS) is 10.7. The maximum absolute atomic E-state index is 12.2. The maximum atomic E-state index is 12.2. The zero-order valence-corrected chi connectivity index (χ0v) is 15.2. The molecule has 0 spiro atoms. The van der Waals surface area contributed by atoms with Gasteiger partial charge in [-0.15, -0.1) is 0 Å². The molecular weight excluding hydrogens is 388 g/mol. The number of halogens is 1. The van der Waals surface area contributed by atoms with Gasteiger partial charge in [0, 0.05) is 12.3 Å². The first-order valence-electron chi connectivity index (χ1n) is 7.47. The molecule has 2 aromatic heterocycles. The number of aromatic nitrogens is 2. The molecule has 6 nitrogen and oxygen atoms in total. The van der Waals surface area contributed by atoms with Crippen molar-refractivity contribution in [2.45, 2.75) is 13.5 Å². The van der Waals surface area contributed by atoms with E-state index in [1.165, 1.54) is 10.5 Å². The largest absolute Gasteiger partial charge is 0.496 e. The summed E-state index contributed by atoms with van der Waals surface area (Å²) in [4.78, 5) is 28.7. The Morgan fingerprint density at radius 3 is 2.76 bits per heavy atom. The highest BCUT2D eigenvalue weighted by Gasteiger charge is 2.11. The number of fused-ring (bicyclic) bond motifs is 1. The third-order valence-corrected chi connectivity index (χ3v) is 4.22. The summed E-state index contributed by atoms with van der Waals surface area (Å²) in [6.45, 7) is 1.82. The summed E-state index contributed by atoms with van der Waals surface area (Å²) in [5.74, 6) is 0.116. The van der Waals surface area contributed by atoms with Gasteiger partial charge in [-0.2, -0.15) is 0 Å². The summed E-state index contributed by atoms with van der Waals surface area (Å²) in [6.07, 6.45) is 1.72. The number of hydrogen-bond acceptors (Lipinski definition) is 5. The van der Waals surface area contributed by atoms with E-state index in [-0.39, 0.29) is 12.2 Å². The lowest BCUT2D eigenvalue weighted by Crippen LogP contribution is -2.17. The third kappa shape index (κ3) is 3.71. The lowest BCUT2D eigenvalue weighted by Gasteiger charge is -2.08. The number of hydrogen-bond donors (Lipinski definition) is 0. The molecule has 128 valence electrons. The van der Waals surface area contributed by atoms with Gasteiger partial charge in [-0.05, 0) is 52.7 Å². The van der Waals surface area contributed by atoms with Crippen LogP contribution in [0.3, 0.4) is 0 Å². The number of nitrogens with zero attached hydrogens (tertiary/aromatic N) is 2. The molecule has 0 N–H and O–H groups in total. The van der Waals surface area contributed by atoms with Crippen molar-refractivity contribution in [1.82, 2.24) is 9.38 Å². The van der Waals surface area contributed by atoms with Gasteiger partial charge in [0.15, 0.2) is 0 Å². The molecule has 0 aliphatic heterocycles. The molecule has 7 heteroatoms. The first-order valence-corrected chi connectivity index (χ1v) is 8.27. The summed E-state index contributed by atoms with van der Waals surface area (Å²) < 4.78 is 12.5. The van der Waals surface area contributed by atoms with Crippen molar-refractivity contribution < 1.29 is 14.3 Å². The molecule has 3 aromatic rings. The summed E-state index contributed by atoms with van der Waals surface area (Å²) >= 11 is 3.32. The summed E-state index contributed by atoms with van der Waals surface area (Å²) in [7, 11) is 1.55. The van der Waals surface area contributed by atoms with Crippen LogP contribution in [0.25, 0.3) is 5.65 Å². The molecule has 0 atom stereocenters. The van der Waals surface area contributed by atoms with Crippen LogP contribution in [-0.4, -0.2) is 22.5 Å². The van der Waals surface area contributed by atoms with Gasteiger partial charge in [0.1, 0.15) is 18.0 Å². The van der Waals surface area contributed by atoms with E-state index in [9.17, 15) is 9.59 Å². The van der Waals surface area contributed by atoms with Crippen molar-refractivity contribution in [2.24, 2.45) is 0 Å². The fraction of sp³-hybridized carbons (Fsp3) is 0.167. The Labute approximate surface area is 152 Å². The second-order valence-electron chi connectivity index (χ2n) is 5.45. The quantitative estimate of drug-likeness (QED) is 0.626. The fourth-order valence-corrected chi connectivity index (χ4v) is 2.89. The van der Waals surface area contributed by atoms with Gasteiger partial charge in [-0.3, -0.25) is 9.20 Å². The minimum atomic E-state index is -0.505. The molecule has 0 unspecified atom stereocenters. The Bertz CT molecular complexity index is 1010. The average Bonchev–Trinajstić information content (AvgIpc) is 2.60. The number of methoxy groups -OCH3 is 1. The molecule has 0 radical (unpaired) electrons. The van der Waals surface area contributed by atoms with Gasteiger partial charge in [-0.25, -0.2) is 9.78 Å². The van der Waals surface area contributed by atoms with E-state index in [1.807, 2.05) is 13.0 Å². The standard InChI is InChI=1S/C18H15BrN2O4/c1-11-3-6-16-20-13(8-17(22)21(16)9-11)10-25-18(23)12-4-5-15(24-2)14(19)7-12/h3-9H,10H2,1-2H3. The molecule has 0 fully saturated rings. The topological polar surface area (TPSA) is 69.9 Å². The number of carbonyl (C=O) groups excluding carboxylic acids is 1. The van der Waals surface area contributed by atoms with Crippen molar-refractivity contribution >= 4 is 27.5 Å². The Balaban J connectivity index is 1.78. The average molecular weight is 403 g/mol. The van der Waals surface area contributed by atoms with Crippen molar-refractivity contribution in [2.75, 3.05) is 7.11 Å². The Hall–Kier alpha value is -2.67. The van der Waals surface area contributed by atoms with Crippen LogP contribution in [0.1, 0.15) is 21.6 Å². The zero-order chi connectivity index (χ0) is 18.0. The number of pyridine rings is 1. The van der Waals surface area contributed by atoms with E-state index in [0.717, 1.165) is 5.56 Å². The number of rotatable bonds is 4. The lowest BCUT2D eigenvalue weighted by molar-refractivity contribution is 0.0467. The first-order chi connectivity index (χ1) is 12.0. The second-order valence-corrected chi connectivity index (χ2v) is 6.30. The molecule has 0 amide bonds. The van der Waals surface area contributed by atoms with E-state index in [1.54, 1.807) is 37.6 Å². The van der Waals surface area contributed by atoms with Crippen LogP contribution >= 0.6 is 15.9 Å². The Kier molecular flexibility index (Phi) is 4.85. The third-order valence-electron chi connectivity index (χ3n) is 3.60. The number of ether oxygens (including phenoxy) is 2. The van der Waals surface area contributed by atoms with Gasteiger partial charge in [0.2, 0.25) is 0 Å². The van der Waals surface area contributed by atoms with Crippen LogP contribution in [0.2, 0.25) is 0 Å². The highest BCUT2D eigenvalue weighted by molar-refractivity contribution is 9.10. The molecule has 0 saturated carbocycles. The molecule has 2 heterocycles. The van der Waals surface area contributed by atoms with Gasteiger partial charge < -0.3 is 9.47 Å². The molecule has 0 aliphatic carbocycles. The van der Waals surface area contributed by atoms with Gasteiger partial charge in [0.25, 0.3) is 5.56 Å². The second kappa shape index (κ2) is 7.06. The Morgan fingerprint density at radius 1 is 1.24 bits per heavy atom. The summed E-state index contributed by atoms with van der Waals surface area (Å²) in [5.41, 5.74) is 2.03. The fourth-order valence-electron chi connectivity index (χ4n) is 2.35. The molecule has 0 saturated heterocycles. The maximum Gasteiger partial charge on any atom is 0.338 e. The number of aryl methyl sites for hydroxylation is 1. The SMILES string of the molecule is COc1ccc(C(=O)OCc2cc(=O)n3cc(C)ccc3n2)cc1Br. The monoisotopic (exact) mass is 402 g/mol. The number of carbonyl (C=O) groups is 1. The summed E-state index contributed by atoms with van der Waals surface area (Å²) in [6, 6.07) is 9.88. The van der Waals surface area contributed by atoms with Gasteiger partial charge in [-0.1, -0.05) is 6.07 Å². The molecule has 1 aromatic carbocycles. The number of esters is 1. The van der Waals surface area contributed by atoms with Crippen molar-refractivity contribution in [3.8, 4) is 5.75 Å². The van der Waals surface area contributed by atoms with Crippen LogP contribution in [0.5, 0.6) is 5.75 Å². The van der Waals surface area contributed by atoms with Crippen LogP contribution in [0.4, 0.5) is 0 Å². The molecule has 0 aliphatic rings. The highest BCUT2D eigenvalue weighted by Crippen LogP contribution is 2.25. The molecule has 3 rings (SSSR count). The lowest BCUT2D eigenvalue weighted by atomic mass is 10.2. The van der Waals surface area contributed by atoms with E-state index in [2.05, 4.69) is 20.9 Å². The first kappa shape index (κ1) is 17.2. The molecule has 25 heavy (non-hydrogen) atoms. The smallest absolute Gasteiger partial charge is 0.338 e. The van der Waals surface area contributed by atoms with E-state index in [4.69, 9.17) is 9.47 Å². The minimum Gasteiger partial charge on any atom is -0.496 e. The zero-order valence-electron chi connectivity index (χ0n) is 13.7. The van der Waals surface area contributed by atoms with Crippen LogP contribution in [0.15, 0.2) is 51.9 Å². The van der Waals surface area contributed by atoms with Gasteiger partial charge >= 0.3 is 5.97 Å². The summed E-state index contributed by atoms with van der Waals surface area (Å²) in [5, 5.41) is 0. The molecule has 0 bridgehead atoms.